The van der Waals surface area contributed by atoms with Crippen LogP contribution in [0.4, 0.5) is 4.39 Å². The lowest BCUT2D eigenvalue weighted by Crippen LogP contribution is -2.32. The summed E-state index contributed by atoms with van der Waals surface area (Å²) >= 11 is 0. The molecule has 2 aromatic carbocycles. The monoisotopic (exact) mass is 322 g/mol. The highest BCUT2D eigenvalue weighted by molar-refractivity contribution is 7.88. The third kappa shape index (κ3) is 5.93. The van der Waals surface area contributed by atoms with Crippen LogP contribution in [0.1, 0.15) is 11.1 Å². The van der Waals surface area contributed by atoms with Gasteiger partial charge < -0.3 is 5.32 Å². The van der Waals surface area contributed by atoms with Gasteiger partial charge in [0, 0.05) is 19.6 Å². The van der Waals surface area contributed by atoms with Crippen LogP contribution in [0, 0.1) is 5.82 Å². The predicted octanol–water partition coefficient (Wildman–Crippen LogP) is 2.03. The molecule has 0 amide bonds. The van der Waals surface area contributed by atoms with Gasteiger partial charge >= 0.3 is 0 Å². The van der Waals surface area contributed by atoms with Crippen molar-refractivity contribution in [3.63, 3.8) is 0 Å². The van der Waals surface area contributed by atoms with Crippen LogP contribution in [0.15, 0.2) is 54.6 Å². The Balaban J connectivity index is 1.69. The fourth-order valence-corrected chi connectivity index (χ4v) is 3.17. The summed E-state index contributed by atoms with van der Waals surface area (Å²) in [6.07, 6.45) is 0. The molecule has 22 heavy (non-hydrogen) atoms. The SMILES string of the molecule is O=S(=O)(Cc1ccccc1)NCCNCc1cccc(F)c1. The second-order valence-electron chi connectivity index (χ2n) is 4.95. The topological polar surface area (TPSA) is 58.2 Å². The lowest BCUT2D eigenvalue weighted by Gasteiger charge is -2.08. The van der Waals surface area contributed by atoms with Crippen LogP contribution in [0.5, 0.6) is 0 Å². The lowest BCUT2D eigenvalue weighted by molar-refractivity contribution is 0.574. The molecule has 0 atom stereocenters. The van der Waals surface area contributed by atoms with Gasteiger partial charge in [0.2, 0.25) is 10.0 Å². The zero-order chi connectivity index (χ0) is 15.8. The zero-order valence-corrected chi connectivity index (χ0v) is 12.9. The van der Waals surface area contributed by atoms with Crippen molar-refractivity contribution >= 4 is 10.0 Å². The van der Waals surface area contributed by atoms with Gasteiger partial charge in [-0.25, -0.2) is 17.5 Å². The molecule has 2 N–H and O–H groups in total. The minimum Gasteiger partial charge on any atom is -0.311 e. The van der Waals surface area contributed by atoms with E-state index in [0.717, 1.165) is 11.1 Å². The predicted molar refractivity (Wildman–Crippen MR) is 85.2 cm³/mol. The minimum atomic E-state index is -3.34. The molecule has 0 aromatic heterocycles. The Morgan fingerprint density at radius 3 is 2.36 bits per heavy atom. The molecule has 0 aliphatic heterocycles. The average molecular weight is 322 g/mol. The zero-order valence-electron chi connectivity index (χ0n) is 12.1. The first-order valence-corrected chi connectivity index (χ1v) is 8.67. The van der Waals surface area contributed by atoms with Gasteiger partial charge in [-0.3, -0.25) is 0 Å². The molecule has 0 saturated carbocycles. The third-order valence-electron chi connectivity index (χ3n) is 3.04. The van der Waals surface area contributed by atoms with Gasteiger partial charge in [-0.1, -0.05) is 42.5 Å². The molecule has 2 aromatic rings. The summed E-state index contributed by atoms with van der Waals surface area (Å²) < 4.78 is 39.3. The molecule has 118 valence electrons. The molecule has 0 aliphatic carbocycles. The summed E-state index contributed by atoms with van der Waals surface area (Å²) in [5, 5.41) is 3.07. The molecule has 6 heteroatoms. The Labute approximate surface area is 130 Å². The van der Waals surface area contributed by atoms with Crippen molar-refractivity contribution < 1.29 is 12.8 Å². The Morgan fingerprint density at radius 2 is 1.64 bits per heavy atom. The van der Waals surface area contributed by atoms with Crippen LogP contribution < -0.4 is 10.0 Å². The molecule has 0 saturated heterocycles. The van der Waals surface area contributed by atoms with E-state index in [9.17, 15) is 12.8 Å². The Bertz CT molecular complexity index is 690. The number of hydrogen-bond acceptors (Lipinski definition) is 3. The van der Waals surface area contributed by atoms with Gasteiger partial charge in [0.1, 0.15) is 5.82 Å². The van der Waals surface area contributed by atoms with E-state index in [4.69, 9.17) is 0 Å². The van der Waals surface area contributed by atoms with Crippen molar-refractivity contribution in [2.24, 2.45) is 0 Å². The maximum absolute atomic E-state index is 13.0. The van der Waals surface area contributed by atoms with E-state index in [2.05, 4.69) is 10.0 Å². The highest BCUT2D eigenvalue weighted by Crippen LogP contribution is 2.04. The lowest BCUT2D eigenvalue weighted by atomic mass is 10.2. The Hall–Kier alpha value is -1.76. The van der Waals surface area contributed by atoms with Crippen molar-refractivity contribution in [2.75, 3.05) is 13.1 Å². The van der Waals surface area contributed by atoms with Crippen LogP contribution in [0.3, 0.4) is 0 Å². The quantitative estimate of drug-likeness (QED) is 0.731. The standard InChI is InChI=1S/C16H19FN2O2S/c17-16-8-4-7-15(11-16)12-18-9-10-19-22(20,21)13-14-5-2-1-3-6-14/h1-8,11,18-19H,9-10,12-13H2. The van der Waals surface area contributed by atoms with Crippen molar-refractivity contribution in [3.05, 3.63) is 71.5 Å². The highest BCUT2D eigenvalue weighted by atomic mass is 32.2. The van der Waals surface area contributed by atoms with E-state index < -0.39 is 10.0 Å². The molecular weight excluding hydrogens is 303 g/mol. The van der Waals surface area contributed by atoms with E-state index in [-0.39, 0.29) is 11.6 Å². The maximum atomic E-state index is 13.0. The number of hydrogen-bond donors (Lipinski definition) is 2. The molecule has 4 nitrogen and oxygen atoms in total. The average Bonchev–Trinajstić information content (AvgIpc) is 2.47. The third-order valence-corrected chi connectivity index (χ3v) is 4.40. The van der Waals surface area contributed by atoms with Crippen molar-refractivity contribution in [2.45, 2.75) is 12.3 Å². The van der Waals surface area contributed by atoms with Crippen LogP contribution >= 0.6 is 0 Å². The number of benzene rings is 2. The Morgan fingerprint density at radius 1 is 0.909 bits per heavy atom. The van der Waals surface area contributed by atoms with E-state index in [1.165, 1.54) is 12.1 Å². The smallest absolute Gasteiger partial charge is 0.215 e. The summed E-state index contributed by atoms with van der Waals surface area (Å²) in [5.41, 5.74) is 1.58. The van der Waals surface area contributed by atoms with E-state index in [0.29, 0.717) is 19.6 Å². The molecule has 0 fully saturated rings. The second-order valence-corrected chi connectivity index (χ2v) is 6.75. The summed E-state index contributed by atoms with van der Waals surface area (Å²) in [7, 11) is -3.34. The molecule has 0 heterocycles. The molecule has 0 bridgehead atoms. The van der Waals surface area contributed by atoms with Crippen molar-refractivity contribution in [1.82, 2.24) is 10.0 Å². The fourth-order valence-electron chi connectivity index (χ4n) is 2.02. The number of halogens is 1. The van der Waals surface area contributed by atoms with Gasteiger partial charge in [-0.15, -0.1) is 0 Å². The fraction of sp³-hybridized carbons (Fsp3) is 0.250. The maximum Gasteiger partial charge on any atom is 0.215 e. The Kier molecular flexibility index (Phi) is 6.06. The molecule has 2 rings (SSSR count). The van der Waals surface area contributed by atoms with Gasteiger partial charge in [0.15, 0.2) is 0 Å². The summed E-state index contributed by atoms with van der Waals surface area (Å²) in [5.74, 6) is -0.305. The minimum absolute atomic E-state index is 0.0300. The second kappa shape index (κ2) is 8.03. The molecular formula is C16H19FN2O2S. The number of sulfonamides is 1. The molecule has 0 radical (unpaired) electrons. The van der Waals surface area contributed by atoms with E-state index in [1.54, 1.807) is 18.2 Å². The first-order valence-electron chi connectivity index (χ1n) is 7.01. The van der Waals surface area contributed by atoms with E-state index in [1.807, 2.05) is 24.3 Å². The van der Waals surface area contributed by atoms with Crippen LogP contribution in [0.2, 0.25) is 0 Å². The molecule has 0 unspecified atom stereocenters. The highest BCUT2D eigenvalue weighted by Gasteiger charge is 2.10. The largest absolute Gasteiger partial charge is 0.311 e. The van der Waals surface area contributed by atoms with Crippen molar-refractivity contribution in [1.29, 1.82) is 0 Å². The van der Waals surface area contributed by atoms with Crippen LogP contribution in [0.25, 0.3) is 0 Å². The normalized spacial score (nSPS) is 11.5. The van der Waals surface area contributed by atoms with Crippen molar-refractivity contribution in [3.8, 4) is 0 Å². The first-order chi connectivity index (χ1) is 10.6. The first kappa shape index (κ1) is 16.6. The molecule has 0 aliphatic rings. The summed E-state index contributed by atoms with van der Waals surface area (Å²) in [6, 6.07) is 15.3. The summed E-state index contributed by atoms with van der Waals surface area (Å²) in [4.78, 5) is 0. The van der Waals surface area contributed by atoms with Crippen LogP contribution in [-0.4, -0.2) is 21.5 Å². The van der Waals surface area contributed by atoms with Gasteiger partial charge in [-0.05, 0) is 23.3 Å². The number of rotatable bonds is 8. The number of nitrogens with one attached hydrogen (secondary N) is 2. The van der Waals surface area contributed by atoms with E-state index >= 15 is 0 Å². The van der Waals surface area contributed by atoms with Gasteiger partial charge in [0.05, 0.1) is 5.75 Å². The van der Waals surface area contributed by atoms with Crippen LogP contribution in [-0.2, 0) is 22.3 Å². The van der Waals surface area contributed by atoms with Gasteiger partial charge in [-0.2, -0.15) is 0 Å². The van der Waals surface area contributed by atoms with Gasteiger partial charge in [0.25, 0.3) is 0 Å². The molecule has 0 spiro atoms. The summed E-state index contributed by atoms with van der Waals surface area (Å²) in [6.45, 7) is 1.27.